The fraction of sp³-hybridized carbons (Fsp3) is 0.444. The van der Waals surface area contributed by atoms with Crippen LogP contribution in [0.2, 0.25) is 5.02 Å². The summed E-state index contributed by atoms with van der Waals surface area (Å²) in [6.45, 7) is 2.52. The topological polar surface area (TPSA) is 74.5 Å². The highest BCUT2D eigenvalue weighted by Crippen LogP contribution is 2.40. The summed E-state index contributed by atoms with van der Waals surface area (Å²) in [4.78, 5) is 8.02. The second kappa shape index (κ2) is 9.29. The molecule has 6 nitrogen and oxygen atoms in total. The van der Waals surface area contributed by atoms with E-state index in [9.17, 15) is 18.3 Å². The van der Waals surface area contributed by atoms with Crippen LogP contribution in [0.15, 0.2) is 41.7 Å². The van der Waals surface area contributed by atoms with Crippen LogP contribution in [0.3, 0.4) is 0 Å². The second-order valence-electron chi connectivity index (χ2n) is 6.22. The lowest BCUT2D eigenvalue weighted by molar-refractivity contribution is -0.272. The third kappa shape index (κ3) is 5.39. The van der Waals surface area contributed by atoms with E-state index < -0.39 is 24.0 Å². The molecule has 2 aromatic rings. The van der Waals surface area contributed by atoms with Gasteiger partial charge in [0.05, 0.1) is 6.54 Å². The van der Waals surface area contributed by atoms with Crippen LogP contribution in [-0.2, 0) is 19.2 Å². The molecular formula is C18H23ClF3N5O. The number of nitrogens with zero attached hydrogens (tertiary/aromatic N) is 3. The minimum Gasteiger partial charge on any atom is -0.374 e. The number of hydrogen-bond acceptors (Lipinski definition) is 3. The van der Waals surface area contributed by atoms with Crippen LogP contribution in [-0.4, -0.2) is 39.9 Å². The molecule has 0 bridgehead atoms. The van der Waals surface area contributed by atoms with Crippen LogP contribution in [0.5, 0.6) is 0 Å². The molecule has 0 aliphatic carbocycles. The molecule has 28 heavy (non-hydrogen) atoms. The van der Waals surface area contributed by atoms with E-state index in [1.165, 1.54) is 19.4 Å². The van der Waals surface area contributed by atoms with Crippen LogP contribution in [0.4, 0.5) is 13.2 Å². The van der Waals surface area contributed by atoms with Gasteiger partial charge in [-0.3, -0.25) is 0 Å². The average Bonchev–Trinajstić information content (AvgIpc) is 3.05. The van der Waals surface area contributed by atoms with Gasteiger partial charge in [0, 0.05) is 44.0 Å². The normalized spacial score (nSPS) is 14.6. The molecule has 0 saturated heterocycles. The summed E-state index contributed by atoms with van der Waals surface area (Å²) >= 11 is 5.94. The van der Waals surface area contributed by atoms with Gasteiger partial charge in [0.25, 0.3) is 0 Å². The zero-order valence-corrected chi connectivity index (χ0v) is 16.3. The van der Waals surface area contributed by atoms with E-state index in [4.69, 9.17) is 11.6 Å². The van der Waals surface area contributed by atoms with Crippen molar-refractivity contribution >= 4 is 17.6 Å². The van der Waals surface area contributed by atoms with Crippen molar-refractivity contribution in [1.29, 1.82) is 0 Å². The number of aliphatic imine (C=N–C) groups is 1. The van der Waals surface area contributed by atoms with Crippen molar-refractivity contribution in [3.05, 3.63) is 53.1 Å². The maximum Gasteiger partial charge on any atom is 0.424 e. The molecule has 0 radical (unpaired) electrons. The first-order valence-corrected chi connectivity index (χ1v) is 9.08. The van der Waals surface area contributed by atoms with Gasteiger partial charge < -0.3 is 20.3 Å². The molecule has 0 amide bonds. The molecule has 0 saturated carbocycles. The van der Waals surface area contributed by atoms with Crippen molar-refractivity contribution in [3.8, 4) is 0 Å². The lowest BCUT2D eigenvalue weighted by atomic mass is 9.97. The summed E-state index contributed by atoms with van der Waals surface area (Å²) in [5.41, 5.74) is -2.20. The van der Waals surface area contributed by atoms with E-state index in [1.54, 1.807) is 18.2 Å². The first-order valence-electron chi connectivity index (χ1n) is 8.71. The maximum atomic E-state index is 13.5. The molecule has 0 spiro atoms. The molecule has 1 unspecified atom stereocenters. The predicted molar refractivity (Wildman–Crippen MR) is 102 cm³/mol. The molecule has 1 aromatic heterocycles. The number of nitrogens with one attached hydrogen (secondary N) is 2. The Balaban J connectivity index is 2.07. The number of halogens is 4. The van der Waals surface area contributed by atoms with Gasteiger partial charge in [0.15, 0.2) is 5.96 Å². The van der Waals surface area contributed by atoms with Crippen molar-refractivity contribution in [2.75, 3.05) is 13.1 Å². The van der Waals surface area contributed by atoms with Crippen LogP contribution >= 0.6 is 11.6 Å². The standard InChI is InChI=1S/C18H23ClF3N5O/c1-3-23-16(26-12-13-5-4-6-14(19)11-13)25-8-7-17(28,18(20,21)22)15-24-9-10-27(15)2/h4-6,9-11,28H,3,7-8,12H2,1-2H3,(H2,23,25,26). The summed E-state index contributed by atoms with van der Waals surface area (Å²) in [7, 11) is 1.41. The lowest BCUT2D eigenvalue weighted by Crippen LogP contribution is -2.47. The SMILES string of the molecule is CCNC(=NCc1cccc(Cl)c1)NCCC(O)(c1nccn1C)C(F)(F)F. The first-order chi connectivity index (χ1) is 13.2. The van der Waals surface area contributed by atoms with Gasteiger partial charge in [-0.05, 0) is 24.6 Å². The summed E-state index contributed by atoms with van der Waals surface area (Å²) in [5, 5.41) is 16.7. The van der Waals surface area contributed by atoms with E-state index in [0.717, 1.165) is 10.1 Å². The zero-order chi connectivity index (χ0) is 20.8. The Bertz CT molecular complexity index is 809. The number of aromatic nitrogens is 2. The van der Waals surface area contributed by atoms with E-state index in [1.807, 2.05) is 13.0 Å². The van der Waals surface area contributed by atoms with Crippen molar-refractivity contribution in [2.45, 2.75) is 31.7 Å². The smallest absolute Gasteiger partial charge is 0.374 e. The van der Waals surface area contributed by atoms with Gasteiger partial charge in [-0.2, -0.15) is 13.2 Å². The van der Waals surface area contributed by atoms with Crippen molar-refractivity contribution in [3.63, 3.8) is 0 Å². The third-order valence-electron chi connectivity index (χ3n) is 4.09. The fourth-order valence-electron chi connectivity index (χ4n) is 2.65. The Hall–Kier alpha value is -2.26. The van der Waals surface area contributed by atoms with Gasteiger partial charge in [-0.25, -0.2) is 9.98 Å². The van der Waals surface area contributed by atoms with Crippen LogP contribution in [0, 0.1) is 0 Å². The van der Waals surface area contributed by atoms with E-state index in [0.29, 0.717) is 24.1 Å². The Morgan fingerprint density at radius 1 is 1.32 bits per heavy atom. The van der Waals surface area contributed by atoms with E-state index in [2.05, 4.69) is 20.6 Å². The number of guanidine groups is 1. The number of benzene rings is 1. The Morgan fingerprint density at radius 3 is 2.64 bits per heavy atom. The maximum absolute atomic E-state index is 13.5. The summed E-state index contributed by atoms with van der Waals surface area (Å²) in [6.07, 6.45) is -2.92. The number of imidazole rings is 1. The van der Waals surface area contributed by atoms with Crippen molar-refractivity contribution in [2.24, 2.45) is 12.0 Å². The molecule has 1 heterocycles. The van der Waals surface area contributed by atoms with E-state index in [-0.39, 0.29) is 6.54 Å². The highest BCUT2D eigenvalue weighted by atomic mass is 35.5. The quantitative estimate of drug-likeness (QED) is 0.478. The van der Waals surface area contributed by atoms with Gasteiger partial charge in [0.2, 0.25) is 5.60 Å². The van der Waals surface area contributed by atoms with Crippen LogP contribution < -0.4 is 10.6 Å². The fourth-order valence-corrected chi connectivity index (χ4v) is 2.87. The molecule has 2 rings (SSSR count). The monoisotopic (exact) mass is 417 g/mol. The first kappa shape index (κ1) is 22.0. The van der Waals surface area contributed by atoms with Crippen LogP contribution in [0.1, 0.15) is 24.7 Å². The van der Waals surface area contributed by atoms with Gasteiger partial charge >= 0.3 is 6.18 Å². The largest absolute Gasteiger partial charge is 0.424 e. The molecule has 0 aliphatic rings. The van der Waals surface area contributed by atoms with E-state index >= 15 is 0 Å². The zero-order valence-electron chi connectivity index (χ0n) is 15.6. The predicted octanol–water partition coefficient (Wildman–Crippen LogP) is 2.97. The Labute approximate surface area is 166 Å². The molecule has 154 valence electrons. The Morgan fingerprint density at radius 2 is 2.07 bits per heavy atom. The summed E-state index contributed by atoms with van der Waals surface area (Å²) in [5.74, 6) is -0.116. The lowest BCUT2D eigenvalue weighted by Gasteiger charge is -2.30. The van der Waals surface area contributed by atoms with Gasteiger partial charge in [-0.15, -0.1) is 0 Å². The summed E-state index contributed by atoms with van der Waals surface area (Å²) in [6, 6.07) is 7.15. The van der Waals surface area contributed by atoms with Crippen molar-refractivity contribution < 1.29 is 18.3 Å². The van der Waals surface area contributed by atoms with Crippen molar-refractivity contribution in [1.82, 2.24) is 20.2 Å². The molecule has 1 atom stereocenters. The third-order valence-corrected chi connectivity index (χ3v) is 4.33. The highest BCUT2D eigenvalue weighted by Gasteiger charge is 2.57. The number of rotatable bonds is 7. The average molecular weight is 418 g/mol. The molecule has 0 fully saturated rings. The van der Waals surface area contributed by atoms with Gasteiger partial charge in [-0.1, -0.05) is 23.7 Å². The molecule has 1 aromatic carbocycles. The highest BCUT2D eigenvalue weighted by molar-refractivity contribution is 6.30. The molecule has 3 N–H and O–H groups in total. The number of alkyl halides is 3. The van der Waals surface area contributed by atoms with Gasteiger partial charge in [0.1, 0.15) is 5.82 Å². The summed E-state index contributed by atoms with van der Waals surface area (Å²) < 4.78 is 41.8. The number of aliphatic hydroxyl groups is 1. The number of hydrogen-bond donors (Lipinski definition) is 3. The van der Waals surface area contributed by atoms with Crippen LogP contribution in [0.25, 0.3) is 0 Å². The molecule has 10 heteroatoms. The Kier molecular flexibility index (Phi) is 7.31. The minimum atomic E-state index is -4.87. The minimum absolute atomic E-state index is 0.162. The number of aryl methyl sites for hydroxylation is 1. The molecule has 0 aliphatic heterocycles. The second-order valence-corrected chi connectivity index (χ2v) is 6.66. The molecular weight excluding hydrogens is 395 g/mol.